The average Bonchev–Trinajstić information content (AvgIpc) is 3.04. The van der Waals surface area contributed by atoms with E-state index in [-0.39, 0.29) is 32.0 Å². The first-order chi connectivity index (χ1) is 23.2. The van der Waals surface area contributed by atoms with Gasteiger partial charge in [0, 0.05) is 19.6 Å². The van der Waals surface area contributed by atoms with E-state index < -0.39 is 54.0 Å². The third-order valence-electron chi connectivity index (χ3n) is 7.94. The van der Waals surface area contributed by atoms with Crippen molar-refractivity contribution in [3.63, 3.8) is 0 Å². The van der Waals surface area contributed by atoms with Crippen LogP contribution in [0, 0.1) is 5.92 Å². The molecule has 3 rings (SSSR count). The van der Waals surface area contributed by atoms with E-state index in [1.165, 1.54) is 0 Å². The number of benzene rings is 3. The second kappa shape index (κ2) is 18.9. The molecule has 0 heterocycles. The zero-order valence-electron chi connectivity index (χ0n) is 29.1. The van der Waals surface area contributed by atoms with Gasteiger partial charge in [-0.2, -0.15) is 0 Å². The fourth-order valence-corrected chi connectivity index (χ4v) is 5.56. The number of alkyl carbamates (subject to hydrolysis) is 1. The van der Waals surface area contributed by atoms with Crippen LogP contribution >= 0.6 is 0 Å². The zero-order valence-corrected chi connectivity index (χ0v) is 29.1. The SMILES string of the molecule is CC(C)[C@H](C(=O)N[C@@H](Cc1ccccc1)[C@H](O)CNC[C@@H](O)[C@H](Cc1ccccc1)NC(=O)OC(C)(C)C)N(Cc1ccccc1)C(=O)O. The topological polar surface area (TPSA) is 160 Å². The molecule has 0 aliphatic heterocycles. The minimum Gasteiger partial charge on any atom is -0.465 e. The van der Waals surface area contributed by atoms with Crippen LogP contribution in [0.5, 0.6) is 0 Å². The quantitative estimate of drug-likeness (QED) is 0.123. The Kier molecular flexibility index (Phi) is 15.1. The molecule has 0 unspecified atom stereocenters. The van der Waals surface area contributed by atoms with Crippen LogP contribution in [0.15, 0.2) is 91.0 Å². The first-order valence-corrected chi connectivity index (χ1v) is 16.7. The highest BCUT2D eigenvalue weighted by molar-refractivity contribution is 5.86. The number of nitrogens with one attached hydrogen (secondary N) is 3. The number of nitrogens with zero attached hydrogens (tertiary/aromatic N) is 1. The Balaban J connectivity index is 1.73. The molecule has 49 heavy (non-hydrogen) atoms. The second-order valence-electron chi connectivity index (χ2n) is 13.6. The van der Waals surface area contributed by atoms with Gasteiger partial charge in [0.2, 0.25) is 5.91 Å². The molecular formula is C38H52N4O7. The molecule has 0 spiro atoms. The molecule has 11 heteroatoms. The number of rotatable bonds is 17. The van der Waals surface area contributed by atoms with Crippen LogP contribution in [-0.2, 0) is 28.9 Å². The summed E-state index contributed by atoms with van der Waals surface area (Å²) in [5.41, 5.74) is 1.82. The van der Waals surface area contributed by atoms with Crippen LogP contribution in [-0.4, -0.2) is 87.3 Å². The number of amides is 3. The first kappa shape index (κ1) is 39.0. The molecule has 0 radical (unpaired) electrons. The largest absolute Gasteiger partial charge is 0.465 e. The molecule has 3 aromatic rings. The molecular weight excluding hydrogens is 624 g/mol. The van der Waals surface area contributed by atoms with E-state index in [1.807, 2.05) is 78.9 Å². The number of ether oxygens (including phenoxy) is 1. The smallest absolute Gasteiger partial charge is 0.408 e. The standard InChI is InChI=1S/C38H52N4O7/c1-26(2)34(42(37(47)48)25-29-19-13-8-14-20-29)35(45)40-30(21-27-15-9-6-10-16-27)32(43)23-39-24-33(44)31(22-28-17-11-7-12-18-28)41-36(46)49-38(3,4)5/h6-20,26,30-34,39,43-44H,21-25H2,1-5H3,(H,40,45)(H,41,46)(H,47,48)/t30-,31-,32+,33+,34+/m0/s1. The van der Waals surface area contributed by atoms with Gasteiger partial charge in [0.25, 0.3) is 0 Å². The summed E-state index contributed by atoms with van der Waals surface area (Å²) in [4.78, 5) is 40.0. The van der Waals surface area contributed by atoms with Gasteiger partial charge in [0.05, 0.1) is 24.3 Å². The van der Waals surface area contributed by atoms with E-state index in [0.29, 0.717) is 6.42 Å². The second-order valence-corrected chi connectivity index (χ2v) is 13.6. The Morgan fingerprint density at radius 1 is 0.714 bits per heavy atom. The van der Waals surface area contributed by atoms with Crippen LogP contribution in [0.2, 0.25) is 0 Å². The Morgan fingerprint density at radius 3 is 1.55 bits per heavy atom. The van der Waals surface area contributed by atoms with Crippen molar-refractivity contribution in [2.75, 3.05) is 13.1 Å². The first-order valence-electron chi connectivity index (χ1n) is 16.7. The molecule has 0 aliphatic rings. The van der Waals surface area contributed by atoms with Crippen molar-refractivity contribution in [2.45, 2.75) is 89.9 Å². The molecule has 3 amide bonds. The molecule has 5 atom stereocenters. The van der Waals surface area contributed by atoms with Gasteiger partial charge in [0.15, 0.2) is 0 Å². The third-order valence-corrected chi connectivity index (χ3v) is 7.94. The van der Waals surface area contributed by atoms with E-state index in [0.717, 1.165) is 21.6 Å². The highest BCUT2D eigenvalue weighted by Gasteiger charge is 2.35. The number of carboxylic acid groups (broad SMARTS) is 1. The van der Waals surface area contributed by atoms with E-state index in [1.54, 1.807) is 46.8 Å². The van der Waals surface area contributed by atoms with Gasteiger partial charge >= 0.3 is 12.2 Å². The number of hydrogen-bond donors (Lipinski definition) is 6. The average molecular weight is 677 g/mol. The van der Waals surface area contributed by atoms with E-state index in [4.69, 9.17) is 4.74 Å². The number of aliphatic hydroxyl groups is 2. The number of hydrogen-bond acceptors (Lipinski definition) is 7. The van der Waals surface area contributed by atoms with Crippen LogP contribution in [0.3, 0.4) is 0 Å². The highest BCUT2D eigenvalue weighted by Crippen LogP contribution is 2.18. The van der Waals surface area contributed by atoms with Crippen molar-refractivity contribution in [1.29, 1.82) is 0 Å². The van der Waals surface area contributed by atoms with Gasteiger partial charge in [-0.25, -0.2) is 9.59 Å². The number of carbonyl (C=O) groups is 3. The Hall–Kier alpha value is -4.45. The summed E-state index contributed by atoms with van der Waals surface area (Å²) in [6, 6.07) is 25.4. The van der Waals surface area contributed by atoms with E-state index >= 15 is 0 Å². The highest BCUT2D eigenvalue weighted by atomic mass is 16.6. The minimum absolute atomic E-state index is 0.00165. The normalized spacial score (nSPS) is 14.6. The Labute approximate surface area is 289 Å². The summed E-state index contributed by atoms with van der Waals surface area (Å²) in [6.07, 6.45) is -3.40. The van der Waals surface area contributed by atoms with Gasteiger partial charge in [0.1, 0.15) is 11.6 Å². The molecule has 11 nitrogen and oxygen atoms in total. The summed E-state index contributed by atoms with van der Waals surface area (Å²) in [5.74, 6) is -0.876. The van der Waals surface area contributed by atoms with Crippen LogP contribution in [0.4, 0.5) is 9.59 Å². The summed E-state index contributed by atoms with van der Waals surface area (Å²) < 4.78 is 5.42. The minimum atomic E-state index is -1.22. The van der Waals surface area contributed by atoms with Crippen LogP contribution in [0.1, 0.15) is 51.3 Å². The molecule has 0 aromatic heterocycles. The van der Waals surface area contributed by atoms with Crippen molar-refractivity contribution >= 4 is 18.1 Å². The Morgan fingerprint density at radius 2 is 1.14 bits per heavy atom. The lowest BCUT2D eigenvalue weighted by atomic mass is 9.97. The number of carbonyl (C=O) groups excluding carboxylic acids is 2. The fourth-order valence-electron chi connectivity index (χ4n) is 5.56. The maximum Gasteiger partial charge on any atom is 0.408 e. The lowest BCUT2D eigenvalue weighted by molar-refractivity contribution is -0.129. The lowest BCUT2D eigenvalue weighted by Gasteiger charge is -2.34. The van der Waals surface area contributed by atoms with Gasteiger partial charge < -0.3 is 36.0 Å². The summed E-state index contributed by atoms with van der Waals surface area (Å²) in [5, 5.41) is 41.5. The fraction of sp³-hybridized carbons (Fsp3) is 0.447. The van der Waals surface area contributed by atoms with Crippen LogP contribution in [0.25, 0.3) is 0 Å². The van der Waals surface area contributed by atoms with Crippen molar-refractivity contribution in [2.24, 2.45) is 5.92 Å². The third kappa shape index (κ3) is 13.5. The number of aliphatic hydroxyl groups excluding tert-OH is 2. The van der Waals surface area contributed by atoms with Crippen molar-refractivity contribution in [3.05, 3.63) is 108 Å². The maximum absolute atomic E-state index is 13.8. The molecule has 266 valence electrons. The predicted molar refractivity (Wildman–Crippen MR) is 189 cm³/mol. The van der Waals surface area contributed by atoms with Crippen molar-refractivity contribution < 1.29 is 34.4 Å². The predicted octanol–water partition coefficient (Wildman–Crippen LogP) is 4.37. The Bertz CT molecular complexity index is 1430. The molecule has 0 saturated heterocycles. The maximum atomic E-state index is 13.8. The summed E-state index contributed by atoms with van der Waals surface area (Å²) >= 11 is 0. The zero-order chi connectivity index (χ0) is 36.0. The van der Waals surface area contributed by atoms with Crippen molar-refractivity contribution in [3.8, 4) is 0 Å². The molecule has 0 saturated carbocycles. The van der Waals surface area contributed by atoms with E-state index in [9.17, 15) is 29.7 Å². The van der Waals surface area contributed by atoms with Crippen molar-refractivity contribution in [1.82, 2.24) is 20.9 Å². The van der Waals surface area contributed by atoms with Crippen LogP contribution < -0.4 is 16.0 Å². The van der Waals surface area contributed by atoms with Gasteiger partial charge in [-0.1, -0.05) is 105 Å². The van der Waals surface area contributed by atoms with E-state index in [2.05, 4.69) is 16.0 Å². The summed E-state index contributed by atoms with van der Waals surface area (Å²) in [6.45, 7) is 8.90. The van der Waals surface area contributed by atoms with Gasteiger partial charge in [-0.15, -0.1) is 0 Å². The summed E-state index contributed by atoms with van der Waals surface area (Å²) in [7, 11) is 0. The lowest BCUT2D eigenvalue weighted by Crippen LogP contribution is -2.57. The van der Waals surface area contributed by atoms with Gasteiger partial charge in [-0.05, 0) is 56.2 Å². The molecule has 6 N–H and O–H groups in total. The molecule has 0 bridgehead atoms. The monoisotopic (exact) mass is 676 g/mol. The molecule has 3 aromatic carbocycles. The molecule has 0 fully saturated rings. The van der Waals surface area contributed by atoms with Gasteiger partial charge in [-0.3, -0.25) is 9.69 Å². The molecule has 0 aliphatic carbocycles.